The normalized spacial score (nSPS) is 19.0. The van der Waals surface area contributed by atoms with Gasteiger partial charge >= 0.3 is 0 Å². The summed E-state index contributed by atoms with van der Waals surface area (Å²) in [7, 11) is 0. The molecule has 0 aliphatic carbocycles. The largest absolute Gasteiger partial charge is 0.367 e. The second-order valence-electron chi connectivity index (χ2n) is 5.01. The van der Waals surface area contributed by atoms with Gasteiger partial charge in [0.2, 0.25) is 5.91 Å². The fourth-order valence-electron chi connectivity index (χ4n) is 2.30. The smallest absolute Gasteiger partial charge is 0.244 e. The van der Waals surface area contributed by atoms with Gasteiger partial charge in [-0.05, 0) is 6.92 Å². The predicted molar refractivity (Wildman–Crippen MR) is 75.8 cm³/mol. The van der Waals surface area contributed by atoms with Crippen LogP contribution in [-0.4, -0.2) is 50.3 Å². The number of aryl methyl sites for hydroxylation is 1. The Kier molecular flexibility index (Phi) is 3.94. The number of H-pyrrole nitrogens is 1. The molecular formula is C13H16ClN5O2. The van der Waals surface area contributed by atoms with Gasteiger partial charge in [-0.15, -0.1) is 0 Å². The van der Waals surface area contributed by atoms with Crippen LogP contribution in [0.5, 0.6) is 0 Å². The number of hydrogen-bond donors (Lipinski definition) is 1. The minimum atomic E-state index is -0.211. The number of halogens is 1. The maximum atomic E-state index is 12.3. The molecular weight excluding hydrogens is 294 g/mol. The maximum absolute atomic E-state index is 12.3. The van der Waals surface area contributed by atoms with Crippen molar-refractivity contribution in [1.82, 2.24) is 24.6 Å². The fraction of sp³-hybridized carbons (Fsp3) is 0.462. The molecule has 2 aromatic heterocycles. The van der Waals surface area contributed by atoms with E-state index in [2.05, 4.69) is 15.1 Å². The van der Waals surface area contributed by atoms with Crippen molar-refractivity contribution in [1.29, 1.82) is 0 Å². The number of amides is 1. The number of carbonyl (C=O) groups excluding carboxylic acids is 1. The Morgan fingerprint density at radius 1 is 1.57 bits per heavy atom. The van der Waals surface area contributed by atoms with E-state index in [1.54, 1.807) is 17.3 Å². The van der Waals surface area contributed by atoms with Crippen LogP contribution in [0, 0.1) is 6.92 Å². The third-order valence-corrected chi connectivity index (χ3v) is 3.54. The van der Waals surface area contributed by atoms with Gasteiger partial charge in [0.05, 0.1) is 24.4 Å². The van der Waals surface area contributed by atoms with Crippen LogP contribution in [0.3, 0.4) is 0 Å². The molecule has 1 saturated heterocycles. The van der Waals surface area contributed by atoms with Crippen LogP contribution in [0.4, 0.5) is 0 Å². The Bertz CT molecular complexity index is 638. The summed E-state index contributed by atoms with van der Waals surface area (Å²) in [5.74, 6) is 0.749. The number of aromatic amines is 1. The lowest BCUT2D eigenvalue weighted by Gasteiger charge is -2.32. The molecule has 0 radical (unpaired) electrons. The molecule has 1 unspecified atom stereocenters. The van der Waals surface area contributed by atoms with Crippen molar-refractivity contribution in [2.24, 2.45) is 0 Å². The van der Waals surface area contributed by atoms with Crippen molar-refractivity contribution >= 4 is 17.5 Å². The van der Waals surface area contributed by atoms with E-state index in [1.807, 2.05) is 6.92 Å². The van der Waals surface area contributed by atoms with Crippen LogP contribution in [0.1, 0.15) is 17.6 Å². The monoisotopic (exact) mass is 309 g/mol. The molecule has 1 amide bonds. The van der Waals surface area contributed by atoms with Crippen LogP contribution in [0.15, 0.2) is 18.6 Å². The highest BCUT2D eigenvalue weighted by atomic mass is 35.5. The summed E-state index contributed by atoms with van der Waals surface area (Å²) in [4.78, 5) is 21.5. The highest BCUT2D eigenvalue weighted by Crippen LogP contribution is 2.20. The molecule has 8 heteroatoms. The summed E-state index contributed by atoms with van der Waals surface area (Å²) in [5, 5.41) is 4.54. The molecule has 3 rings (SSSR count). The summed E-state index contributed by atoms with van der Waals surface area (Å²) < 4.78 is 7.21. The molecule has 1 aliphatic heterocycles. The van der Waals surface area contributed by atoms with Gasteiger partial charge in [0.15, 0.2) is 0 Å². The lowest BCUT2D eigenvalue weighted by atomic mass is 10.2. The maximum Gasteiger partial charge on any atom is 0.244 e. The van der Waals surface area contributed by atoms with Crippen molar-refractivity contribution in [2.45, 2.75) is 19.6 Å². The molecule has 21 heavy (non-hydrogen) atoms. The van der Waals surface area contributed by atoms with Gasteiger partial charge in [-0.1, -0.05) is 11.6 Å². The van der Waals surface area contributed by atoms with E-state index in [-0.39, 0.29) is 18.6 Å². The third kappa shape index (κ3) is 3.25. The second kappa shape index (κ2) is 5.87. The Labute approximate surface area is 126 Å². The van der Waals surface area contributed by atoms with Gasteiger partial charge < -0.3 is 14.6 Å². The van der Waals surface area contributed by atoms with E-state index in [0.717, 1.165) is 11.5 Å². The third-order valence-electron chi connectivity index (χ3n) is 3.35. The molecule has 3 heterocycles. The second-order valence-corrected chi connectivity index (χ2v) is 5.44. The number of hydrogen-bond acceptors (Lipinski definition) is 4. The van der Waals surface area contributed by atoms with Gasteiger partial charge in [-0.25, -0.2) is 4.98 Å². The van der Waals surface area contributed by atoms with Gasteiger partial charge in [-0.2, -0.15) is 5.10 Å². The average Bonchev–Trinajstić information content (AvgIpc) is 3.08. The summed E-state index contributed by atoms with van der Waals surface area (Å²) >= 11 is 5.79. The zero-order valence-electron chi connectivity index (χ0n) is 11.6. The van der Waals surface area contributed by atoms with Gasteiger partial charge in [0.1, 0.15) is 18.5 Å². The number of rotatable bonds is 3. The Hall–Kier alpha value is -1.86. The first kappa shape index (κ1) is 14.1. The van der Waals surface area contributed by atoms with Gasteiger partial charge in [0.25, 0.3) is 0 Å². The first-order chi connectivity index (χ1) is 10.1. The molecule has 0 aromatic carbocycles. The Morgan fingerprint density at radius 3 is 3.10 bits per heavy atom. The van der Waals surface area contributed by atoms with Crippen LogP contribution in [0.2, 0.25) is 5.02 Å². The average molecular weight is 310 g/mol. The number of aromatic nitrogens is 4. The molecule has 1 atom stereocenters. The highest BCUT2D eigenvalue weighted by molar-refractivity contribution is 6.30. The molecule has 0 spiro atoms. The fourth-order valence-corrected chi connectivity index (χ4v) is 2.46. The number of morpholine rings is 1. The summed E-state index contributed by atoms with van der Waals surface area (Å²) in [5.41, 5.74) is 0.975. The van der Waals surface area contributed by atoms with E-state index >= 15 is 0 Å². The van der Waals surface area contributed by atoms with E-state index in [0.29, 0.717) is 24.7 Å². The van der Waals surface area contributed by atoms with Crippen LogP contribution < -0.4 is 0 Å². The van der Waals surface area contributed by atoms with Crippen molar-refractivity contribution in [3.8, 4) is 0 Å². The molecule has 1 fully saturated rings. The lowest BCUT2D eigenvalue weighted by Crippen LogP contribution is -2.44. The van der Waals surface area contributed by atoms with E-state index in [9.17, 15) is 4.79 Å². The summed E-state index contributed by atoms with van der Waals surface area (Å²) in [6.45, 7) is 3.67. The quantitative estimate of drug-likeness (QED) is 0.923. The first-order valence-electron chi connectivity index (χ1n) is 6.70. The van der Waals surface area contributed by atoms with Crippen LogP contribution in [0.25, 0.3) is 0 Å². The Morgan fingerprint density at radius 2 is 2.43 bits per heavy atom. The molecule has 7 nitrogen and oxygen atoms in total. The molecule has 2 aromatic rings. The molecule has 0 saturated carbocycles. The molecule has 112 valence electrons. The first-order valence-corrected chi connectivity index (χ1v) is 7.08. The standard InChI is InChI=1S/C13H16ClN5O2/c1-9-4-15-13(17-9)11-7-18(2-3-21-11)12(20)8-19-6-10(14)5-16-19/h4-6,11H,2-3,7-8H2,1H3,(H,15,17). The van der Waals surface area contributed by atoms with Gasteiger partial charge in [-0.3, -0.25) is 9.48 Å². The van der Waals surface area contributed by atoms with Gasteiger partial charge in [0, 0.05) is 24.6 Å². The minimum Gasteiger partial charge on any atom is -0.367 e. The van der Waals surface area contributed by atoms with E-state index in [4.69, 9.17) is 16.3 Å². The van der Waals surface area contributed by atoms with E-state index in [1.165, 1.54) is 10.9 Å². The molecule has 1 aliphatic rings. The molecule has 1 N–H and O–H groups in total. The van der Waals surface area contributed by atoms with Crippen molar-refractivity contribution in [3.05, 3.63) is 35.1 Å². The summed E-state index contributed by atoms with van der Waals surface area (Å²) in [6, 6.07) is 0. The van der Waals surface area contributed by atoms with Crippen molar-refractivity contribution < 1.29 is 9.53 Å². The van der Waals surface area contributed by atoms with Crippen LogP contribution >= 0.6 is 11.6 Å². The topological polar surface area (TPSA) is 76.0 Å². The number of nitrogens with one attached hydrogen (secondary N) is 1. The number of imidazole rings is 1. The lowest BCUT2D eigenvalue weighted by molar-refractivity contribution is -0.140. The minimum absolute atomic E-state index is 0.00801. The van der Waals surface area contributed by atoms with E-state index < -0.39 is 0 Å². The zero-order chi connectivity index (χ0) is 14.8. The molecule has 0 bridgehead atoms. The Balaban J connectivity index is 1.64. The summed E-state index contributed by atoms with van der Waals surface area (Å²) in [6.07, 6.45) is 4.69. The number of carbonyl (C=O) groups is 1. The zero-order valence-corrected chi connectivity index (χ0v) is 12.4. The van der Waals surface area contributed by atoms with Crippen molar-refractivity contribution in [2.75, 3.05) is 19.7 Å². The van der Waals surface area contributed by atoms with Crippen LogP contribution in [-0.2, 0) is 16.1 Å². The number of ether oxygens (including phenoxy) is 1. The predicted octanol–water partition coefficient (Wildman–Crippen LogP) is 1.17. The SMILES string of the molecule is Cc1cnc(C2CN(C(=O)Cn3cc(Cl)cn3)CCO2)[nH]1. The highest BCUT2D eigenvalue weighted by Gasteiger charge is 2.27. The number of nitrogens with zero attached hydrogens (tertiary/aromatic N) is 4. The van der Waals surface area contributed by atoms with Crippen molar-refractivity contribution in [3.63, 3.8) is 0 Å².